The smallest absolute Gasteiger partial charge is 0.411 e. The van der Waals surface area contributed by atoms with Crippen LogP contribution >= 0.6 is 0 Å². The second-order valence-electron chi connectivity index (χ2n) is 5.99. The van der Waals surface area contributed by atoms with Gasteiger partial charge in [0, 0.05) is 12.5 Å². The molecule has 2 bridgehead atoms. The Hall–Kier alpha value is -1.06. The molecule has 0 aromatic rings. The first-order valence-electron chi connectivity index (χ1n) is 6.42. The van der Waals surface area contributed by atoms with Crippen molar-refractivity contribution in [2.45, 2.75) is 70.6 Å². The first-order valence-corrected chi connectivity index (χ1v) is 6.42. The number of nitrogens with zero attached hydrogens (tertiary/aromatic N) is 1. The van der Waals surface area contributed by atoms with Gasteiger partial charge in [-0.3, -0.25) is 9.69 Å². The van der Waals surface area contributed by atoms with Crippen LogP contribution in [0, 0.1) is 0 Å². The predicted octanol–water partition coefficient (Wildman–Crippen LogP) is 2.51. The van der Waals surface area contributed by atoms with Crippen molar-refractivity contribution in [2.24, 2.45) is 0 Å². The van der Waals surface area contributed by atoms with E-state index >= 15 is 0 Å². The Morgan fingerprint density at radius 2 is 2.00 bits per heavy atom. The summed E-state index contributed by atoms with van der Waals surface area (Å²) in [5, 5.41) is 0. The number of carbonyl (C=O) groups excluding carboxylic acids is 2. The van der Waals surface area contributed by atoms with Crippen LogP contribution in [0.1, 0.15) is 52.9 Å². The molecule has 0 aromatic heterocycles. The van der Waals surface area contributed by atoms with Crippen molar-refractivity contribution in [3.63, 3.8) is 0 Å². The summed E-state index contributed by atoms with van der Waals surface area (Å²) in [4.78, 5) is 25.7. The van der Waals surface area contributed by atoms with Crippen LogP contribution in [-0.4, -0.2) is 34.5 Å². The first-order chi connectivity index (χ1) is 7.88. The highest BCUT2D eigenvalue weighted by Gasteiger charge is 2.43. The molecule has 0 aliphatic carbocycles. The Balaban J connectivity index is 2.13. The van der Waals surface area contributed by atoms with Crippen molar-refractivity contribution in [1.29, 1.82) is 0 Å². The van der Waals surface area contributed by atoms with Gasteiger partial charge in [-0.25, -0.2) is 4.79 Å². The number of amides is 1. The lowest BCUT2D eigenvalue weighted by molar-refractivity contribution is -0.123. The molecule has 2 atom stereocenters. The van der Waals surface area contributed by atoms with Crippen LogP contribution in [0.2, 0.25) is 0 Å². The van der Waals surface area contributed by atoms with Gasteiger partial charge in [-0.15, -0.1) is 0 Å². The summed E-state index contributed by atoms with van der Waals surface area (Å²) in [6.45, 7) is 5.56. The van der Waals surface area contributed by atoms with Crippen LogP contribution < -0.4 is 0 Å². The van der Waals surface area contributed by atoms with Gasteiger partial charge < -0.3 is 4.74 Å². The molecular formula is C13H21NO3. The average Bonchev–Trinajstić information content (AvgIpc) is 2.50. The van der Waals surface area contributed by atoms with Crippen molar-refractivity contribution >= 4 is 11.9 Å². The fourth-order valence-electron chi connectivity index (χ4n) is 2.75. The third-order valence-electron chi connectivity index (χ3n) is 3.44. The Morgan fingerprint density at radius 1 is 1.29 bits per heavy atom. The molecule has 17 heavy (non-hydrogen) atoms. The van der Waals surface area contributed by atoms with Gasteiger partial charge in [-0.05, 0) is 46.5 Å². The van der Waals surface area contributed by atoms with E-state index in [1.54, 1.807) is 4.90 Å². The number of fused-ring (bicyclic) bond motifs is 2. The fourth-order valence-corrected chi connectivity index (χ4v) is 2.75. The number of rotatable bonds is 0. The van der Waals surface area contributed by atoms with E-state index in [0.717, 1.165) is 25.7 Å². The summed E-state index contributed by atoms with van der Waals surface area (Å²) in [6, 6.07) is -0.0151. The maximum absolute atomic E-state index is 12.1. The van der Waals surface area contributed by atoms with Gasteiger partial charge >= 0.3 is 6.09 Å². The maximum Gasteiger partial charge on any atom is 0.411 e. The molecule has 4 heteroatoms. The van der Waals surface area contributed by atoms with E-state index in [9.17, 15) is 9.59 Å². The van der Waals surface area contributed by atoms with E-state index in [1.807, 2.05) is 20.8 Å². The normalized spacial score (nSPS) is 29.1. The number of ether oxygens (including phenoxy) is 1. The minimum absolute atomic E-state index is 0.204. The molecular weight excluding hydrogens is 218 g/mol. The van der Waals surface area contributed by atoms with Crippen molar-refractivity contribution in [3.8, 4) is 0 Å². The maximum atomic E-state index is 12.1. The van der Waals surface area contributed by atoms with Gasteiger partial charge in [0.25, 0.3) is 0 Å². The quantitative estimate of drug-likeness (QED) is 0.652. The highest BCUT2D eigenvalue weighted by Crippen LogP contribution is 2.33. The number of ketones is 1. The van der Waals surface area contributed by atoms with E-state index in [4.69, 9.17) is 4.74 Å². The molecule has 0 spiro atoms. The molecule has 2 aliphatic rings. The highest BCUT2D eigenvalue weighted by molar-refractivity contribution is 5.88. The van der Waals surface area contributed by atoms with Gasteiger partial charge in [0.15, 0.2) is 5.78 Å². The van der Waals surface area contributed by atoms with E-state index in [1.165, 1.54) is 0 Å². The van der Waals surface area contributed by atoms with Gasteiger partial charge in [0.2, 0.25) is 0 Å². The van der Waals surface area contributed by atoms with E-state index in [-0.39, 0.29) is 24.0 Å². The number of hydrogen-bond acceptors (Lipinski definition) is 3. The standard InChI is InChI=1S/C13H21NO3/c1-13(2,3)17-12(16)14-9-5-4-6-11(15)10(14)8-7-9/h9-10H,4-8H2,1-3H3/t9-,10-/m1/s1. The molecule has 4 nitrogen and oxygen atoms in total. The van der Waals surface area contributed by atoms with E-state index in [2.05, 4.69) is 0 Å². The molecule has 2 fully saturated rings. The zero-order valence-electron chi connectivity index (χ0n) is 10.9. The van der Waals surface area contributed by atoms with Crippen molar-refractivity contribution < 1.29 is 14.3 Å². The van der Waals surface area contributed by atoms with Crippen molar-refractivity contribution in [2.75, 3.05) is 0 Å². The summed E-state index contributed by atoms with van der Waals surface area (Å²) < 4.78 is 5.40. The Bertz CT molecular complexity index is 332. The lowest BCUT2D eigenvalue weighted by atomic mass is 10.0. The average molecular weight is 239 g/mol. The molecule has 0 saturated carbocycles. The fraction of sp³-hybridized carbons (Fsp3) is 0.846. The lowest BCUT2D eigenvalue weighted by Crippen LogP contribution is -2.45. The van der Waals surface area contributed by atoms with Crippen LogP contribution in [0.4, 0.5) is 4.79 Å². The molecule has 0 N–H and O–H groups in total. The highest BCUT2D eigenvalue weighted by atomic mass is 16.6. The van der Waals surface area contributed by atoms with Gasteiger partial charge in [-0.1, -0.05) is 0 Å². The van der Waals surface area contributed by atoms with E-state index in [0.29, 0.717) is 6.42 Å². The molecule has 0 unspecified atom stereocenters. The predicted molar refractivity (Wildman–Crippen MR) is 63.7 cm³/mol. The van der Waals surface area contributed by atoms with Crippen LogP contribution in [0.25, 0.3) is 0 Å². The molecule has 1 amide bonds. The van der Waals surface area contributed by atoms with Crippen LogP contribution in [-0.2, 0) is 9.53 Å². The molecule has 0 aromatic carbocycles. The topological polar surface area (TPSA) is 46.6 Å². The lowest BCUT2D eigenvalue weighted by Gasteiger charge is -2.30. The molecule has 2 heterocycles. The van der Waals surface area contributed by atoms with Crippen LogP contribution in [0.3, 0.4) is 0 Å². The SMILES string of the molecule is CC(C)(C)OC(=O)N1[C@@H]2CCCC(=O)[C@H]1CC2. The van der Waals surface area contributed by atoms with Gasteiger partial charge in [-0.2, -0.15) is 0 Å². The monoisotopic (exact) mass is 239 g/mol. The van der Waals surface area contributed by atoms with Crippen molar-refractivity contribution in [1.82, 2.24) is 4.90 Å². The van der Waals surface area contributed by atoms with Crippen LogP contribution in [0.15, 0.2) is 0 Å². The summed E-state index contributed by atoms with van der Waals surface area (Å²) in [5.74, 6) is 0.204. The third-order valence-corrected chi connectivity index (χ3v) is 3.44. The van der Waals surface area contributed by atoms with Crippen molar-refractivity contribution in [3.05, 3.63) is 0 Å². The Kier molecular flexibility index (Phi) is 3.15. The first kappa shape index (κ1) is 12.4. The molecule has 2 aliphatic heterocycles. The number of hydrogen-bond donors (Lipinski definition) is 0. The number of Topliss-reactive ketones (excluding diaryl/α,β-unsaturated/α-hetero) is 1. The molecule has 2 saturated heterocycles. The summed E-state index contributed by atoms with van der Waals surface area (Å²) in [6.07, 6.45) is 3.87. The van der Waals surface area contributed by atoms with Crippen LogP contribution in [0.5, 0.6) is 0 Å². The second-order valence-corrected chi connectivity index (χ2v) is 5.99. The minimum atomic E-state index is -0.494. The Morgan fingerprint density at radius 3 is 2.65 bits per heavy atom. The van der Waals surface area contributed by atoms with E-state index < -0.39 is 5.60 Å². The third kappa shape index (κ3) is 2.61. The molecule has 96 valence electrons. The minimum Gasteiger partial charge on any atom is -0.444 e. The second kappa shape index (κ2) is 4.31. The Labute approximate surface area is 102 Å². The molecule has 0 radical (unpaired) electrons. The largest absolute Gasteiger partial charge is 0.444 e. The number of carbonyl (C=O) groups is 2. The summed E-state index contributed by atoms with van der Waals surface area (Å²) in [7, 11) is 0. The zero-order chi connectivity index (χ0) is 12.6. The molecule has 2 rings (SSSR count). The van der Waals surface area contributed by atoms with Gasteiger partial charge in [0.1, 0.15) is 5.60 Å². The summed E-state index contributed by atoms with van der Waals surface area (Å²) in [5.41, 5.74) is -0.494. The van der Waals surface area contributed by atoms with Gasteiger partial charge in [0.05, 0.1) is 6.04 Å². The summed E-state index contributed by atoms with van der Waals surface area (Å²) >= 11 is 0. The zero-order valence-corrected chi connectivity index (χ0v) is 10.9.